The third-order valence-electron chi connectivity index (χ3n) is 2.68. The third-order valence-corrected chi connectivity index (χ3v) is 3.72. The van der Waals surface area contributed by atoms with Crippen LogP contribution in [0.3, 0.4) is 0 Å². The highest BCUT2D eigenvalue weighted by Gasteiger charge is 2.33. The molecule has 4 nitrogen and oxygen atoms in total. The minimum atomic E-state index is -4.39. The average Bonchev–Trinajstić information content (AvgIpc) is 2.76. The molecule has 2 N–H and O–H groups in total. The molecule has 1 aromatic carbocycles. The lowest BCUT2D eigenvalue weighted by Gasteiger charge is -2.13. The summed E-state index contributed by atoms with van der Waals surface area (Å²) in [4.78, 5) is 4.44. The summed E-state index contributed by atoms with van der Waals surface area (Å²) in [5, 5.41) is 4.41. The van der Waals surface area contributed by atoms with Crippen molar-refractivity contribution < 1.29 is 13.2 Å². The molecule has 0 unspecified atom stereocenters. The van der Waals surface area contributed by atoms with Crippen LogP contribution in [0.2, 0.25) is 0 Å². The Morgan fingerprint density at radius 3 is 2.65 bits per heavy atom. The lowest BCUT2D eigenvalue weighted by atomic mass is 10.0. The molecule has 108 valence electrons. The molecule has 1 heterocycles. The van der Waals surface area contributed by atoms with Crippen LogP contribution in [0.5, 0.6) is 0 Å². The van der Waals surface area contributed by atoms with E-state index in [1.54, 1.807) is 13.1 Å². The van der Waals surface area contributed by atoms with Gasteiger partial charge in [-0.25, -0.2) is 9.67 Å². The van der Waals surface area contributed by atoms with Gasteiger partial charge >= 0.3 is 6.18 Å². The molecule has 2 rings (SSSR count). The van der Waals surface area contributed by atoms with E-state index in [2.05, 4.69) is 10.1 Å². The van der Waals surface area contributed by atoms with Gasteiger partial charge in [-0.05, 0) is 30.7 Å². The molecule has 2 aromatic rings. The zero-order valence-corrected chi connectivity index (χ0v) is 11.5. The predicted molar refractivity (Wildman–Crippen MR) is 69.3 cm³/mol. The first-order valence-electron chi connectivity index (χ1n) is 5.84. The molecule has 0 spiro atoms. The minimum absolute atomic E-state index is 0.179. The van der Waals surface area contributed by atoms with Crippen LogP contribution < -0.4 is 5.73 Å². The van der Waals surface area contributed by atoms with Gasteiger partial charge in [-0.2, -0.15) is 18.3 Å². The zero-order chi connectivity index (χ0) is 14.8. The molecule has 0 radical (unpaired) electrons. The average molecular weight is 302 g/mol. The molecule has 0 atom stereocenters. The molecule has 20 heavy (non-hydrogen) atoms. The molecular formula is C12H13F3N4S. The van der Waals surface area contributed by atoms with E-state index in [0.29, 0.717) is 10.1 Å². The predicted octanol–water partition coefficient (Wildman–Crippen LogP) is 2.49. The minimum Gasteiger partial charge on any atom is -0.330 e. The smallest absolute Gasteiger partial charge is 0.330 e. The Balaban J connectivity index is 2.34. The second-order valence-corrected chi connectivity index (χ2v) is 5.16. The normalized spacial score (nSPS) is 11.8. The molecule has 0 aliphatic rings. The van der Waals surface area contributed by atoms with Crippen LogP contribution in [0, 0.1) is 0 Å². The second-order valence-electron chi connectivity index (χ2n) is 4.12. The van der Waals surface area contributed by atoms with Gasteiger partial charge in [-0.15, -0.1) is 0 Å². The molecule has 0 saturated carbocycles. The lowest BCUT2D eigenvalue weighted by Crippen LogP contribution is -2.12. The second kappa shape index (κ2) is 5.84. The van der Waals surface area contributed by atoms with Crippen molar-refractivity contribution in [3.05, 3.63) is 35.7 Å². The Morgan fingerprint density at radius 2 is 2.10 bits per heavy atom. The van der Waals surface area contributed by atoms with E-state index in [4.69, 9.17) is 5.73 Å². The molecular weight excluding hydrogens is 289 g/mol. The maximum atomic E-state index is 13.0. The van der Waals surface area contributed by atoms with Crippen LogP contribution in [-0.4, -0.2) is 21.3 Å². The maximum absolute atomic E-state index is 13.0. The molecule has 0 bridgehead atoms. The SMILES string of the molecule is Cn1ncnc1Sc1ccc(CCN)c(C(F)(F)F)c1. The van der Waals surface area contributed by atoms with Crippen molar-refractivity contribution >= 4 is 11.8 Å². The Kier molecular flexibility index (Phi) is 4.34. The van der Waals surface area contributed by atoms with E-state index in [1.807, 2.05) is 0 Å². The first-order chi connectivity index (χ1) is 9.41. The van der Waals surface area contributed by atoms with Gasteiger partial charge in [0.2, 0.25) is 0 Å². The number of benzene rings is 1. The van der Waals surface area contributed by atoms with Gasteiger partial charge in [-0.3, -0.25) is 0 Å². The summed E-state index contributed by atoms with van der Waals surface area (Å²) in [6.45, 7) is 0.179. The van der Waals surface area contributed by atoms with Gasteiger partial charge in [0.05, 0.1) is 5.56 Å². The topological polar surface area (TPSA) is 56.7 Å². The monoisotopic (exact) mass is 302 g/mol. The fourth-order valence-electron chi connectivity index (χ4n) is 1.74. The van der Waals surface area contributed by atoms with E-state index in [9.17, 15) is 13.2 Å². The Bertz CT molecular complexity index is 595. The van der Waals surface area contributed by atoms with Crippen molar-refractivity contribution in [1.82, 2.24) is 14.8 Å². The standard InChI is InChI=1S/C12H13F3N4S/c1-19-11(17-7-18-19)20-9-3-2-8(4-5-16)10(6-9)12(13,14)15/h2-3,6-7H,4-5,16H2,1H3. The van der Waals surface area contributed by atoms with Gasteiger partial charge in [-0.1, -0.05) is 17.8 Å². The summed E-state index contributed by atoms with van der Waals surface area (Å²) in [6.07, 6.45) is -2.83. The van der Waals surface area contributed by atoms with Crippen molar-refractivity contribution in [2.75, 3.05) is 6.54 Å². The van der Waals surface area contributed by atoms with Gasteiger partial charge < -0.3 is 5.73 Å². The van der Waals surface area contributed by atoms with Crippen molar-refractivity contribution in [2.45, 2.75) is 22.6 Å². The highest BCUT2D eigenvalue weighted by Crippen LogP contribution is 2.36. The molecule has 0 aliphatic carbocycles. The summed E-state index contributed by atoms with van der Waals surface area (Å²) in [7, 11) is 1.68. The first kappa shape index (κ1) is 14.9. The summed E-state index contributed by atoms with van der Waals surface area (Å²) >= 11 is 1.14. The number of rotatable bonds is 4. The quantitative estimate of drug-likeness (QED) is 0.942. The number of nitrogens with zero attached hydrogens (tertiary/aromatic N) is 3. The van der Waals surface area contributed by atoms with Crippen molar-refractivity contribution in [3.8, 4) is 0 Å². The van der Waals surface area contributed by atoms with Gasteiger partial charge in [0.15, 0.2) is 5.16 Å². The molecule has 1 aromatic heterocycles. The van der Waals surface area contributed by atoms with Gasteiger partial charge in [0.25, 0.3) is 0 Å². The Labute approximate surface area is 118 Å². The van der Waals surface area contributed by atoms with Crippen LogP contribution in [0.25, 0.3) is 0 Å². The lowest BCUT2D eigenvalue weighted by molar-refractivity contribution is -0.138. The summed E-state index contributed by atoms with van der Waals surface area (Å²) in [5.74, 6) is 0. The number of aryl methyl sites for hydroxylation is 1. The van der Waals surface area contributed by atoms with E-state index in [0.717, 1.165) is 17.8 Å². The zero-order valence-electron chi connectivity index (χ0n) is 10.7. The fraction of sp³-hybridized carbons (Fsp3) is 0.333. The van der Waals surface area contributed by atoms with E-state index in [-0.39, 0.29) is 18.5 Å². The Hall–Kier alpha value is -1.54. The number of alkyl halides is 3. The summed E-state index contributed by atoms with van der Waals surface area (Å²) in [5.41, 5.74) is 4.91. The van der Waals surface area contributed by atoms with Crippen LogP contribution in [0.4, 0.5) is 13.2 Å². The molecule has 0 amide bonds. The van der Waals surface area contributed by atoms with Crippen LogP contribution >= 0.6 is 11.8 Å². The number of hydrogen-bond donors (Lipinski definition) is 1. The number of aromatic nitrogens is 3. The number of halogens is 3. The van der Waals surface area contributed by atoms with Crippen LogP contribution in [0.1, 0.15) is 11.1 Å². The first-order valence-corrected chi connectivity index (χ1v) is 6.65. The van der Waals surface area contributed by atoms with Crippen molar-refractivity contribution in [1.29, 1.82) is 0 Å². The van der Waals surface area contributed by atoms with E-state index < -0.39 is 11.7 Å². The van der Waals surface area contributed by atoms with E-state index >= 15 is 0 Å². The van der Waals surface area contributed by atoms with Crippen LogP contribution in [0.15, 0.2) is 34.6 Å². The van der Waals surface area contributed by atoms with Gasteiger partial charge in [0, 0.05) is 11.9 Å². The fourth-order valence-corrected chi connectivity index (χ4v) is 2.54. The summed E-state index contributed by atoms with van der Waals surface area (Å²) < 4.78 is 40.6. The highest BCUT2D eigenvalue weighted by molar-refractivity contribution is 7.99. The number of hydrogen-bond acceptors (Lipinski definition) is 4. The van der Waals surface area contributed by atoms with Crippen molar-refractivity contribution in [3.63, 3.8) is 0 Å². The van der Waals surface area contributed by atoms with Crippen molar-refractivity contribution in [2.24, 2.45) is 12.8 Å². The van der Waals surface area contributed by atoms with Crippen LogP contribution in [-0.2, 0) is 19.6 Å². The maximum Gasteiger partial charge on any atom is 0.416 e. The summed E-state index contributed by atoms with van der Waals surface area (Å²) in [6, 6.07) is 4.23. The molecule has 0 fully saturated rings. The van der Waals surface area contributed by atoms with Gasteiger partial charge in [0.1, 0.15) is 6.33 Å². The highest BCUT2D eigenvalue weighted by atomic mass is 32.2. The molecule has 0 aliphatic heterocycles. The largest absolute Gasteiger partial charge is 0.416 e. The molecule has 0 saturated heterocycles. The third kappa shape index (κ3) is 3.31. The molecule has 8 heteroatoms. The Morgan fingerprint density at radius 1 is 1.35 bits per heavy atom. The number of nitrogens with two attached hydrogens (primary N) is 1. The van der Waals surface area contributed by atoms with E-state index in [1.165, 1.54) is 17.1 Å².